The highest BCUT2D eigenvalue weighted by Gasteiger charge is 2.29. The van der Waals surface area contributed by atoms with Crippen LogP contribution in [0.15, 0.2) is 0 Å². The van der Waals surface area contributed by atoms with Gasteiger partial charge in [0.1, 0.15) is 0 Å². The van der Waals surface area contributed by atoms with Crippen LogP contribution in [0.2, 0.25) is 0 Å². The summed E-state index contributed by atoms with van der Waals surface area (Å²) in [5, 5.41) is 6.40. The van der Waals surface area contributed by atoms with Crippen molar-refractivity contribution in [2.24, 2.45) is 0 Å². The number of thiocarbonyl (C=S) groups is 1. The van der Waals surface area contributed by atoms with Gasteiger partial charge >= 0.3 is 0 Å². The van der Waals surface area contributed by atoms with Gasteiger partial charge in [0.25, 0.3) is 0 Å². The van der Waals surface area contributed by atoms with E-state index in [1.165, 1.54) is 6.26 Å². The summed E-state index contributed by atoms with van der Waals surface area (Å²) in [7, 11) is -3.07. The first kappa shape index (κ1) is 14.6. The number of sulfone groups is 1. The van der Waals surface area contributed by atoms with Gasteiger partial charge in [0.15, 0.2) is 14.9 Å². The summed E-state index contributed by atoms with van der Waals surface area (Å²) in [4.78, 5) is 0. The predicted octanol–water partition coefficient (Wildman–Crippen LogP) is 0.684. The maximum atomic E-state index is 11.4. The molecule has 0 rings (SSSR count). The summed E-state index contributed by atoms with van der Waals surface area (Å²) in [6.07, 6.45) is 2.22. The zero-order chi connectivity index (χ0) is 12.1. The lowest BCUT2D eigenvalue weighted by atomic mass is 10.2. The van der Waals surface area contributed by atoms with E-state index in [4.69, 9.17) is 12.2 Å². The lowest BCUT2D eigenvalue weighted by molar-refractivity contribution is 0.545. The van der Waals surface area contributed by atoms with Crippen LogP contribution < -0.4 is 10.6 Å². The quantitative estimate of drug-likeness (QED) is 0.705. The Morgan fingerprint density at radius 3 is 2.27 bits per heavy atom. The fraction of sp³-hybridized carbons (Fsp3) is 0.889. The van der Waals surface area contributed by atoms with E-state index in [0.29, 0.717) is 11.7 Å². The molecule has 0 aliphatic heterocycles. The van der Waals surface area contributed by atoms with Gasteiger partial charge in [0, 0.05) is 19.3 Å². The molecule has 0 saturated heterocycles. The molecule has 0 aromatic rings. The Morgan fingerprint density at radius 1 is 1.33 bits per heavy atom. The summed E-state index contributed by atoms with van der Waals surface area (Å²) in [6.45, 7) is 6.51. The molecule has 0 spiro atoms. The highest BCUT2D eigenvalue weighted by molar-refractivity contribution is 7.92. The summed E-state index contributed by atoms with van der Waals surface area (Å²) in [6, 6.07) is 0. The van der Waals surface area contributed by atoms with Gasteiger partial charge in [-0.1, -0.05) is 6.92 Å². The Morgan fingerprint density at radius 2 is 1.87 bits per heavy atom. The average molecular weight is 252 g/mol. The molecular formula is C9H20N2O2S2. The Hall–Kier alpha value is -0.360. The molecule has 0 heterocycles. The number of hydrogen-bond donors (Lipinski definition) is 2. The smallest absolute Gasteiger partial charge is 0.166 e. The summed E-state index contributed by atoms with van der Waals surface area (Å²) in [5.41, 5.74) is 0. The molecule has 90 valence electrons. The molecule has 2 N–H and O–H groups in total. The van der Waals surface area contributed by atoms with E-state index in [2.05, 4.69) is 10.6 Å². The van der Waals surface area contributed by atoms with Crippen molar-refractivity contribution in [2.75, 3.05) is 19.3 Å². The molecule has 0 aromatic carbocycles. The molecule has 0 fully saturated rings. The summed E-state index contributed by atoms with van der Waals surface area (Å²) >= 11 is 4.99. The molecule has 0 radical (unpaired) electrons. The van der Waals surface area contributed by atoms with Gasteiger partial charge in [0.05, 0.1) is 4.75 Å². The van der Waals surface area contributed by atoms with Crippen molar-refractivity contribution in [3.8, 4) is 0 Å². The molecule has 4 nitrogen and oxygen atoms in total. The van der Waals surface area contributed by atoms with Crippen LogP contribution in [0.25, 0.3) is 0 Å². The molecule has 0 unspecified atom stereocenters. The van der Waals surface area contributed by atoms with Gasteiger partial charge in [0.2, 0.25) is 0 Å². The van der Waals surface area contributed by atoms with Crippen LogP contribution in [-0.4, -0.2) is 37.6 Å². The second-order valence-corrected chi connectivity index (χ2v) is 7.20. The average Bonchev–Trinajstić information content (AvgIpc) is 2.09. The summed E-state index contributed by atoms with van der Waals surface area (Å²) in [5.74, 6) is 0. The fourth-order valence-electron chi connectivity index (χ4n) is 0.725. The maximum absolute atomic E-state index is 11.4. The first-order valence-electron chi connectivity index (χ1n) is 4.92. The van der Waals surface area contributed by atoms with Crippen molar-refractivity contribution in [3.63, 3.8) is 0 Å². The highest BCUT2D eigenvalue weighted by Crippen LogP contribution is 2.13. The highest BCUT2D eigenvalue weighted by atomic mass is 32.2. The molecule has 0 aromatic heterocycles. The van der Waals surface area contributed by atoms with Gasteiger partial charge in [-0.15, -0.1) is 0 Å². The zero-order valence-corrected chi connectivity index (χ0v) is 11.4. The van der Waals surface area contributed by atoms with E-state index in [1.807, 2.05) is 6.92 Å². The third-order valence-corrected chi connectivity index (χ3v) is 4.65. The van der Waals surface area contributed by atoms with Crippen LogP contribution in [0.5, 0.6) is 0 Å². The van der Waals surface area contributed by atoms with Crippen LogP contribution in [0.3, 0.4) is 0 Å². The number of rotatable bonds is 5. The molecule has 0 aliphatic rings. The van der Waals surface area contributed by atoms with E-state index >= 15 is 0 Å². The van der Waals surface area contributed by atoms with Gasteiger partial charge in [-0.05, 0) is 32.5 Å². The minimum Gasteiger partial charge on any atom is -0.363 e. The van der Waals surface area contributed by atoms with E-state index in [9.17, 15) is 8.42 Å². The van der Waals surface area contributed by atoms with E-state index in [-0.39, 0.29) is 0 Å². The number of nitrogens with one attached hydrogen (secondary N) is 2. The first-order valence-corrected chi connectivity index (χ1v) is 7.22. The largest absolute Gasteiger partial charge is 0.363 e. The Kier molecular flexibility index (Phi) is 5.51. The zero-order valence-electron chi connectivity index (χ0n) is 9.75. The monoisotopic (exact) mass is 252 g/mol. The SMILES string of the molecule is CCCNC(=S)NCC(C)(C)S(C)(=O)=O. The second kappa shape index (κ2) is 5.65. The van der Waals surface area contributed by atoms with Crippen LogP contribution in [0.4, 0.5) is 0 Å². The van der Waals surface area contributed by atoms with Crippen molar-refractivity contribution in [2.45, 2.75) is 31.9 Å². The standard InChI is InChI=1S/C9H20N2O2S2/c1-5-6-10-8(14)11-7-9(2,3)15(4,12)13/h5-7H2,1-4H3,(H2,10,11,14). The van der Waals surface area contributed by atoms with Gasteiger partial charge in [-0.25, -0.2) is 8.42 Å². The van der Waals surface area contributed by atoms with Crippen LogP contribution >= 0.6 is 12.2 Å². The van der Waals surface area contributed by atoms with E-state index in [0.717, 1.165) is 13.0 Å². The Bertz CT molecular complexity index is 310. The molecule has 0 atom stereocenters. The molecule has 0 aliphatic carbocycles. The minimum absolute atomic E-state index is 0.321. The number of hydrogen-bond acceptors (Lipinski definition) is 3. The predicted molar refractivity (Wildman–Crippen MR) is 67.8 cm³/mol. The molecular weight excluding hydrogens is 232 g/mol. The topological polar surface area (TPSA) is 58.2 Å². The van der Waals surface area contributed by atoms with Crippen molar-refractivity contribution in [1.29, 1.82) is 0 Å². The van der Waals surface area contributed by atoms with Gasteiger partial charge < -0.3 is 10.6 Å². The van der Waals surface area contributed by atoms with E-state index in [1.54, 1.807) is 13.8 Å². The molecule has 0 saturated carbocycles. The fourth-order valence-corrected chi connectivity index (χ4v) is 1.23. The van der Waals surface area contributed by atoms with Crippen LogP contribution in [-0.2, 0) is 9.84 Å². The third kappa shape index (κ3) is 5.32. The van der Waals surface area contributed by atoms with E-state index < -0.39 is 14.6 Å². The molecule has 0 bridgehead atoms. The van der Waals surface area contributed by atoms with Crippen LogP contribution in [0, 0.1) is 0 Å². The van der Waals surface area contributed by atoms with Crippen molar-refractivity contribution >= 4 is 27.2 Å². The van der Waals surface area contributed by atoms with Crippen molar-refractivity contribution in [3.05, 3.63) is 0 Å². The molecule has 6 heteroatoms. The second-order valence-electron chi connectivity index (χ2n) is 4.14. The van der Waals surface area contributed by atoms with Crippen molar-refractivity contribution in [1.82, 2.24) is 10.6 Å². The molecule has 15 heavy (non-hydrogen) atoms. The van der Waals surface area contributed by atoms with Crippen LogP contribution in [0.1, 0.15) is 27.2 Å². The normalized spacial score (nSPS) is 12.3. The Labute approximate surface area is 97.7 Å². The lowest BCUT2D eigenvalue weighted by Crippen LogP contribution is -2.46. The molecule has 0 amide bonds. The van der Waals surface area contributed by atoms with Gasteiger partial charge in [-0.3, -0.25) is 0 Å². The lowest BCUT2D eigenvalue weighted by Gasteiger charge is -2.23. The minimum atomic E-state index is -3.07. The summed E-state index contributed by atoms with van der Waals surface area (Å²) < 4.78 is 22.0. The maximum Gasteiger partial charge on any atom is 0.166 e. The Balaban J connectivity index is 4.11. The third-order valence-electron chi connectivity index (χ3n) is 2.21. The first-order chi connectivity index (χ1) is 6.70. The van der Waals surface area contributed by atoms with Gasteiger partial charge in [-0.2, -0.15) is 0 Å². The van der Waals surface area contributed by atoms with Crippen molar-refractivity contribution < 1.29 is 8.42 Å².